The summed E-state index contributed by atoms with van der Waals surface area (Å²) >= 11 is 1.81. The number of fused-ring (bicyclic) bond motifs is 4. The molecule has 0 aromatic carbocycles. The summed E-state index contributed by atoms with van der Waals surface area (Å²) in [6, 6.07) is 4.18. The summed E-state index contributed by atoms with van der Waals surface area (Å²) in [5.41, 5.74) is 5.86. The number of Topliss-reactive ketones (excluding diaryl/α,β-unsaturated/α-hetero) is 1. The van der Waals surface area contributed by atoms with Gasteiger partial charge < -0.3 is 9.72 Å². The highest BCUT2D eigenvalue weighted by Crippen LogP contribution is 2.46. The van der Waals surface area contributed by atoms with Gasteiger partial charge in [-0.15, -0.1) is 11.3 Å². The number of pyridine rings is 2. The highest BCUT2D eigenvalue weighted by molar-refractivity contribution is 7.19. The number of nitrogens with zero attached hydrogens (tertiary/aromatic N) is 2. The van der Waals surface area contributed by atoms with E-state index >= 15 is 0 Å². The van der Waals surface area contributed by atoms with Gasteiger partial charge in [0.15, 0.2) is 5.78 Å². The lowest BCUT2D eigenvalue weighted by Gasteiger charge is -2.29. The molecule has 0 fully saturated rings. The molecular weight excluding hydrogens is 418 g/mol. The third-order valence-electron chi connectivity index (χ3n) is 6.13. The van der Waals surface area contributed by atoms with Gasteiger partial charge in [0, 0.05) is 45.0 Å². The Balaban J connectivity index is 1.87. The molecular formula is C26H29N3O2S. The standard InChI is InChI=1S/C26H29N3O2S/c1-14-20(23(15(2)30)31-26(3,4)5)21(17-12-16-10-11-27-24(16)28-13-17)22-18-8-6-7-9-19(18)32-25(22)29-14/h10-13,23H,6-9H2,1-5H3,(H,27,28). The second-order valence-corrected chi connectivity index (χ2v) is 10.8. The first-order chi connectivity index (χ1) is 15.2. The number of aromatic amines is 1. The first-order valence-electron chi connectivity index (χ1n) is 11.3. The van der Waals surface area contributed by atoms with Crippen LogP contribution < -0.4 is 0 Å². The lowest BCUT2D eigenvalue weighted by Crippen LogP contribution is -2.27. The number of ketones is 1. The highest BCUT2D eigenvalue weighted by Gasteiger charge is 2.32. The summed E-state index contributed by atoms with van der Waals surface area (Å²) in [4.78, 5) is 28.2. The fraction of sp³-hybridized carbons (Fsp3) is 0.423. The molecule has 6 heteroatoms. The molecule has 5 nitrogen and oxygen atoms in total. The van der Waals surface area contributed by atoms with Crippen LogP contribution in [0.25, 0.3) is 32.7 Å². The van der Waals surface area contributed by atoms with E-state index in [4.69, 9.17) is 9.72 Å². The number of carbonyl (C=O) groups is 1. The van der Waals surface area contributed by atoms with Gasteiger partial charge in [-0.3, -0.25) is 4.79 Å². The van der Waals surface area contributed by atoms with Gasteiger partial charge >= 0.3 is 0 Å². The zero-order chi connectivity index (χ0) is 22.6. The van der Waals surface area contributed by atoms with Crippen molar-refractivity contribution < 1.29 is 9.53 Å². The maximum Gasteiger partial charge on any atom is 0.163 e. The molecule has 5 rings (SSSR count). The van der Waals surface area contributed by atoms with E-state index < -0.39 is 11.7 Å². The number of hydrogen-bond acceptors (Lipinski definition) is 5. The van der Waals surface area contributed by atoms with E-state index in [1.54, 1.807) is 6.92 Å². The first kappa shape index (κ1) is 21.3. The van der Waals surface area contributed by atoms with Gasteiger partial charge in [0.25, 0.3) is 0 Å². The van der Waals surface area contributed by atoms with E-state index in [0.29, 0.717) is 0 Å². The number of aryl methyl sites for hydroxylation is 3. The molecule has 0 bridgehead atoms. The van der Waals surface area contributed by atoms with E-state index in [9.17, 15) is 4.79 Å². The summed E-state index contributed by atoms with van der Waals surface area (Å²) in [5, 5.41) is 1.20. The van der Waals surface area contributed by atoms with Crippen molar-refractivity contribution in [2.75, 3.05) is 0 Å². The largest absolute Gasteiger partial charge is 0.360 e. The van der Waals surface area contributed by atoms with E-state index in [-0.39, 0.29) is 5.78 Å². The highest BCUT2D eigenvalue weighted by atomic mass is 32.1. The van der Waals surface area contributed by atoms with Crippen LogP contribution in [-0.2, 0) is 22.4 Å². The molecule has 1 atom stereocenters. The Bertz CT molecular complexity index is 1290. The summed E-state index contributed by atoms with van der Waals surface area (Å²) in [6.07, 6.45) is 7.73. The predicted octanol–water partition coefficient (Wildman–Crippen LogP) is 6.42. The second kappa shape index (κ2) is 7.78. The fourth-order valence-corrected chi connectivity index (χ4v) is 6.13. The quantitative estimate of drug-likeness (QED) is 0.392. The molecule has 0 saturated heterocycles. The summed E-state index contributed by atoms with van der Waals surface area (Å²) in [7, 11) is 0. The van der Waals surface area contributed by atoms with E-state index in [0.717, 1.165) is 51.4 Å². The van der Waals surface area contributed by atoms with Gasteiger partial charge in [-0.05, 0) is 83.6 Å². The lowest BCUT2D eigenvalue weighted by molar-refractivity contribution is -0.138. The van der Waals surface area contributed by atoms with Gasteiger partial charge in [0.05, 0.1) is 5.60 Å². The summed E-state index contributed by atoms with van der Waals surface area (Å²) in [5.74, 6) is 0.855. The lowest BCUT2D eigenvalue weighted by atomic mass is 9.87. The number of rotatable bonds is 4. The minimum atomic E-state index is -0.672. The van der Waals surface area contributed by atoms with E-state index in [1.165, 1.54) is 28.7 Å². The van der Waals surface area contributed by atoms with Crippen LogP contribution in [-0.4, -0.2) is 26.3 Å². The van der Waals surface area contributed by atoms with Crippen molar-refractivity contribution in [2.45, 2.75) is 72.0 Å². The van der Waals surface area contributed by atoms with Crippen molar-refractivity contribution in [3.8, 4) is 22.5 Å². The average Bonchev–Trinajstić information content (AvgIpc) is 3.33. The third-order valence-corrected chi connectivity index (χ3v) is 7.31. The zero-order valence-electron chi connectivity index (χ0n) is 19.3. The Hall–Kier alpha value is -2.57. The van der Waals surface area contributed by atoms with Crippen molar-refractivity contribution in [3.63, 3.8) is 0 Å². The molecule has 2 aliphatic heterocycles. The molecule has 0 amide bonds. The Morgan fingerprint density at radius 2 is 2.00 bits per heavy atom. The van der Waals surface area contributed by atoms with E-state index in [2.05, 4.69) is 16.0 Å². The van der Waals surface area contributed by atoms with Crippen molar-refractivity contribution in [2.24, 2.45) is 0 Å². The van der Waals surface area contributed by atoms with Crippen LogP contribution in [0.4, 0.5) is 0 Å². The first-order valence-corrected chi connectivity index (χ1v) is 12.1. The van der Waals surface area contributed by atoms with Crippen LogP contribution >= 0.6 is 11.3 Å². The number of aromatic nitrogens is 3. The SMILES string of the molecule is CC(=O)C(OC(C)(C)C)c1c(C)nc2sc3c(c2c1-c1c[nH]c2nccc-2c1)CCCC3. The molecule has 2 aromatic heterocycles. The molecule has 3 aliphatic rings. The predicted molar refractivity (Wildman–Crippen MR) is 129 cm³/mol. The van der Waals surface area contributed by atoms with Gasteiger partial charge in [-0.1, -0.05) is 0 Å². The normalized spacial score (nSPS) is 15.3. The topological polar surface area (TPSA) is 67.9 Å². The molecule has 1 N–H and O–H groups in total. The molecule has 0 spiro atoms. The van der Waals surface area contributed by atoms with Crippen LogP contribution in [0.15, 0.2) is 24.5 Å². The third kappa shape index (κ3) is 3.65. The molecule has 32 heavy (non-hydrogen) atoms. The second-order valence-electron chi connectivity index (χ2n) is 9.73. The molecule has 2 aromatic rings. The smallest absolute Gasteiger partial charge is 0.163 e. The van der Waals surface area contributed by atoms with Gasteiger partial charge in [0.2, 0.25) is 0 Å². The van der Waals surface area contributed by atoms with E-state index in [1.807, 2.05) is 57.5 Å². The molecule has 1 aliphatic carbocycles. The van der Waals surface area contributed by atoms with Crippen LogP contribution in [0.5, 0.6) is 0 Å². The van der Waals surface area contributed by atoms with Crippen LogP contribution in [0.3, 0.4) is 0 Å². The zero-order valence-corrected chi connectivity index (χ0v) is 20.2. The van der Waals surface area contributed by atoms with Gasteiger partial charge in [-0.2, -0.15) is 0 Å². The van der Waals surface area contributed by atoms with Gasteiger partial charge in [-0.25, -0.2) is 9.97 Å². The fourth-order valence-electron chi connectivity index (χ4n) is 4.82. The number of nitrogens with one attached hydrogen (secondary N) is 1. The molecule has 4 heterocycles. The minimum Gasteiger partial charge on any atom is -0.360 e. The Kier molecular flexibility index (Phi) is 5.18. The summed E-state index contributed by atoms with van der Waals surface area (Å²) < 4.78 is 6.36. The molecule has 0 saturated carbocycles. The van der Waals surface area contributed by atoms with Crippen molar-refractivity contribution in [3.05, 3.63) is 46.2 Å². The molecule has 1 unspecified atom stereocenters. The number of H-pyrrole nitrogens is 1. The Labute approximate surface area is 192 Å². The Morgan fingerprint density at radius 1 is 1.22 bits per heavy atom. The van der Waals surface area contributed by atoms with Crippen molar-refractivity contribution in [1.82, 2.24) is 15.0 Å². The number of carbonyl (C=O) groups excluding carboxylic acids is 1. The van der Waals surface area contributed by atoms with Crippen LogP contribution in [0.1, 0.15) is 68.3 Å². The summed E-state index contributed by atoms with van der Waals surface area (Å²) in [6.45, 7) is 9.60. The monoisotopic (exact) mass is 447 g/mol. The van der Waals surface area contributed by atoms with Gasteiger partial charge in [0.1, 0.15) is 16.8 Å². The molecule has 166 valence electrons. The Morgan fingerprint density at radius 3 is 2.75 bits per heavy atom. The van der Waals surface area contributed by atoms with Crippen molar-refractivity contribution in [1.29, 1.82) is 0 Å². The maximum atomic E-state index is 12.9. The number of thiophene rings is 1. The molecule has 0 radical (unpaired) electrons. The van der Waals surface area contributed by atoms with Crippen LogP contribution in [0.2, 0.25) is 0 Å². The van der Waals surface area contributed by atoms with Crippen molar-refractivity contribution >= 4 is 27.3 Å². The number of ether oxygens (including phenoxy) is 1. The maximum absolute atomic E-state index is 12.9. The van der Waals surface area contributed by atoms with Crippen LogP contribution in [0, 0.1) is 6.92 Å². The average molecular weight is 448 g/mol. The number of hydrogen-bond donors (Lipinski definition) is 1. The minimum absolute atomic E-state index is 0.00504.